The molecule has 0 aliphatic rings. The number of carbonyl (C=O) groups excluding carboxylic acids is 2. The number of aromatic nitrogens is 3. The van der Waals surface area contributed by atoms with E-state index in [2.05, 4.69) is 20.9 Å². The van der Waals surface area contributed by atoms with Crippen molar-refractivity contribution in [1.82, 2.24) is 15.0 Å². The van der Waals surface area contributed by atoms with Gasteiger partial charge in [0, 0.05) is 5.69 Å². The highest BCUT2D eigenvalue weighted by molar-refractivity contribution is 6.33. The third-order valence-electron chi connectivity index (χ3n) is 3.82. The van der Waals surface area contributed by atoms with Crippen LogP contribution in [0.25, 0.3) is 0 Å². The number of benzene rings is 2. The van der Waals surface area contributed by atoms with Gasteiger partial charge in [-0.05, 0) is 30.7 Å². The first kappa shape index (κ1) is 18.4. The molecule has 2 aromatic carbocycles. The van der Waals surface area contributed by atoms with E-state index in [1.54, 1.807) is 30.3 Å². The molecule has 8 nitrogen and oxygen atoms in total. The predicted octanol–water partition coefficient (Wildman–Crippen LogP) is 2.71. The van der Waals surface area contributed by atoms with Crippen LogP contribution in [0, 0.1) is 6.92 Å². The maximum absolute atomic E-state index is 12.4. The highest BCUT2D eigenvalue weighted by Gasteiger charge is 2.19. The fourth-order valence-electron chi connectivity index (χ4n) is 2.38. The van der Waals surface area contributed by atoms with Crippen LogP contribution in [0.2, 0.25) is 5.02 Å². The van der Waals surface area contributed by atoms with Gasteiger partial charge < -0.3 is 16.4 Å². The third kappa shape index (κ3) is 4.24. The molecule has 138 valence electrons. The van der Waals surface area contributed by atoms with Crippen LogP contribution in [0.4, 0.5) is 17.2 Å². The van der Waals surface area contributed by atoms with E-state index < -0.39 is 5.91 Å². The molecule has 27 heavy (non-hydrogen) atoms. The molecule has 0 saturated carbocycles. The maximum Gasteiger partial charge on any atom is 0.280 e. The monoisotopic (exact) mass is 384 g/mol. The molecule has 0 radical (unpaired) electrons. The minimum atomic E-state index is -0.564. The van der Waals surface area contributed by atoms with Crippen LogP contribution in [-0.2, 0) is 11.3 Å². The van der Waals surface area contributed by atoms with E-state index in [1.807, 2.05) is 25.1 Å². The van der Waals surface area contributed by atoms with E-state index in [1.165, 1.54) is 0 Å². The minimum absolute atomic E-state index is 0.0144. The first-order valence-electron chi connectivity index (χ1n) is 8.06. The number of nitrogens with one attached hydrogen (secondary N) is 2. The summed E-state index contributed by atoms with van der Waals surface area (Å²) in [5.74, 6) is -0.912. The van der Waals surface area contributed by atoms with Crippen LogP contribution < -0.4 is 16.4 Å². The molecule has 3 rings (SSSR count). The summed E-state index contributed by atoms with van der Waals surface area (Å²) in [5.41, 5.74) is 7.89. The Labute approximate surface area is 160 Å². The van der Waals surface area contributed by atoms with E-state index in [4.69, 9.17) is 17.3 Å². The fourth-order valence-corrected chi connectivity index (χ4v) is 2.56. The average Bonchev–Trinajstić information content (AvgIpc) is 2.99. The molecule has 0 unspecified atom stereocenters. The molecule has 0 bridgehead atoms. The molecule has 0 spiro atoms. The van der Waals surface area contributed by atoms with Gasteiger partial charge in [0.05, 0.1) is 10.7 Å². The zero-order valence-corrected chi connectivity index (χ0v) is 15.2. The summed E-state index contributed by atoms with van der Waals surface area (Å²) in [6.45, 7) is 1.71. The van der Waals surface area contributed by atoms with Gasteiger partial charge >= 0.3 is 0 Å². The Morgan fingerprint density at radius 2 is 1.74 bits per heavy atom. The van der Waals surface area contributed by atoms with Gasteiger partial charge in [0.2, 0.25) is 5.91 Å². The number of aryl methyl sites for hydroxylation is 1. The van der Waals surface area contributed by atoms with Crippen LogP contribution in [0.15, 0.2) is 48.5 Å². The molecular weight excluding hydrogens is 368 g/mol. The summed E-state index contributed by atoms with van der Waals surface area (Å²) in [5, 5.41) is 13.3. The number of hydrogen-bond acceptors (Lipinski definition) is 5. The Balaban J connectivity index is 1.69. The Morgan fingerprint density at radius 3 is 2.44 bits per heavy atom. The van der Waals surface area contributed by atoms with Gasteiger partial charge in [-0.15, -0.1) is 5.10 Å². The molecule has 0 aliphatic heterocycles. The van der Waals surface area contributed by atoms with Gasteiger partial charge in [-0.25, -0.2) is 4.68 Å². The van der Waals surface area contributed by atoms with Crippen LogP contribution in [0.3, 0.4) is 0 Å². The van der Waals surface area contributed by atoms with E-state index >= 15 is 0 Å². The van der Waals surface area contributed by atoms with Gasteiger partial charge in [-0.1, -0.05) is 47.1 Å². The number of hydrogen-bond donors (Lipinski definition) is 3. The van der Waals surface area contributed by atoms with Gasteiger partial charge in [0.1, 0.15) is 6.54 Å². The predicted molar refractivity (Wildman–Crippen MR) is 104 cm³/mol. The molecule has 0 fully saturated rings. The summed E-state index contributed by atoms with van der Waals surface area (Å²) < 4.78 is 1.16. The van der Waals surface area contributed by atoms with E-state index in [-0.39, 0.29) is 24.0 Å². The van der Waals surface area contributed by atoms with Gasteiger partial charge in [0.15, 0.2) is 11.5 Å². The molecule has 1 aromatic heterocycles. The molecule has 2 amide bonds. The Kier molecular flexibility index (Phi) is 5.37. The topological polar surface area (TPSA) is 115 Å². The second kappa shape index (κ2) is 7.88. The van der Waals surface area contributed by atoms with Crippen molar-refractivity contribution in [2.75, 3.05) is 16.4 Å². The molecule has 0 saturated heterocycles. The zero-order valence-electron chi connectivity index (χ0n) is 14.4. The molecule has 0 atom stereocenters. The smallest absolute Gasteiger partial charge is 0.280 e. The lowest BCUT2D eigenvalue weighted by molar-refractivity contribution is -0.116. The summed E-state index contributed by atoms with van der Waals surface area (Å²) in [4.78, 5) is 24.6. The van der Waals surface area contributed by atoms with E-state index in [0.29, 0.717) is 16.4 Å². The lowest BCUT2D eigenvalue weighted by atomic mass is 10.2. The molecule has 3 aromatic rings. The maximum atomic E-state index is 12.4. The van der Waals surface area contributed by atoms with Crippen molar-refractivity contribution in [3.05, 3.63) is 64.8 Å². The van der Waals surface area contributed by atoms with Gasteiger partial charge in [-0.3, -0.25) is 9.59 Å². The Bertz CT molecular complexity index is 1000. The number of nitrogen functional groups attached to an aromatic ring is 1. The van der Waals surface area contributed by atoms with Crippen LogP contribution >= 0.6 is 11.6 Å². The van der Waals surface area contributed by atoms with Crippen molar-refractivity contribution in [2.45, 2.75) is 13.5 Å². The van der Waals surface area contributed by atoms with Crippen LogP contribution in [0.1, 0.15) is 16.1 Å². The second-order valence-corrected chi connectivity index (χ2v) is 6.19. The first-order valence-corrected chi connectivity index (χ1v) is 8.44. The number of amides is 2. The van der Waals surface area contributed by atoms with Crippen molar-refractivity contribution in [3.8, 4) is 0 Å². The number of carbonyl (C=O) groups is 2. The molecule has 1 heterocycles. The first-order chi connectivity index (χ1) is 13.0. The van der Waals surface area contributed by atoms with Crippen molar-refractivity contribution in [3.63, 3.8) is 0 Å². The molecule has 9 heteroatoms. The minimum Gasteiger partial charge on any atom is -0.382 e. The van der Waals surface area contributed by atoms with Crippen molar-refractivity contribution < 1.29 is 9.59 Å². The highest BCUT2D eigenvalue weighted by Crippen LogP contribution is 2.21. The van der Waals surface area contributed by atoms with E-state index in [9.17, 15) is 9.59 Å². The standard InChI is InChI=1S/C18H17ClN6O2/c1-11-6-2-4-8-13(11)21-15(26)10-25-17(20)16(23-24-25)18(27)22-14-9-5-3-7-12(14)19/h2-9H,10,20H2,1H3,(H,21,26)(H,22,27). The lowest BCUT2D eigenvalue weighted by Crippen LogP contribution is -2.21. The number of nitrogens with two attached hydrogens (primary N) is 1. The Hall–Kier alpha value is -3.39. The quantitative estimate of drug-likeness (QED) is 0.625. The van der Waals surface area contributed by atoms with Crippen LogP contribution in [-0.4, -0.2) is 26.8 Å². The zero-order chi connectivity index (χ0) is 19.4. The lowest BCUT2D eigenvalue weighted by Gasteiger charge is -2.08. The fraction of sp³-hybridized carbons (Fsp3) is 0.111. The summed E-state index contributed by atoms with van der Waals surface area (Å²) >= 11 is 6.02. The number of anilines is 3. The summed E-state index contributed by atoms with van der Waals surface area (Å²) in [6.07, 6.45) is 0. The SMILES string of the molecule is Cc1ccccc1NC(=O)Cn1nnc(C(=O)Nc2ccccc2Cl)c1N. The summed E-state index contributed by atoms with van der Waals surface area (Å²) in [6, 6.07) is 14.2. The third-order valence-corrected chi connectivity index (χ3v) is 4.15. The highest BCUT2D eigenvalue weighted by atomic mass is 35.5. The molecule has 0 aliphatic carbocycles. The average molecular weight is 385 g/mol. The number of nitrogens with zero attached hydrogens (tertiary/aromatic N) is 3. The van der Waals surface area contributed by atoms with Crippen molar-refractivity contribution in [1.29, 1.82) is 0 Å². The second-order valence-electron chi connectivity index (χ2n) is 5.78. The van der Waals surface area contributed by atoms with Crippen molar-refractivity contribution >= 4 is 40.6 Å². The number of halogens is 1. The van der Waals surface area contributed by atoms with Gasteiger partial charge in [-0.2, -0.15) is 0 Å². The van der Waals surface area contributed by atoms with E-state index in [0.717, 1.165) is 10.2 Å². The molecular formula is C18H17ClN6O2. The number of rotatable bonds is 5. The summed E-state index contributed by atoms with van der Waals surface area (Å²) in [7, 11) is 0. The van der Waals surface area contributed by atoms with Crippen molar-refractivity contribution in [2.24, 2.45) is 0 Å². The van der Waals surface area contributed by atoms with Crippen LogP contribution in [0.5, 0.6) is 0 Å². The number of para-hydroxylation sites is 2. The van der Waals surface area contributed by atoms with Gasteiger partial charge in [0.25, 0.3) is 5.91 Å². The normalized spacial score (nSPS) is 10.4. The Morgan fingerprint density at radius 1 is 1.07 bits per heavy atom. The molecule has 4 N–H and O–H groups in total. The largest absolute Gasteiger partial charge is 0.382 e.